The van der Waals surface area contributed by atoms with Crippen LogP contribution in [0, 0.1) is 0 Å². The molecule has 1 aliphatic rings. The predicted molar refractivity (Wildman–Crippen MR) is 57.8 cm³/mol. The highest BCUT2D eigenvalue weighted by molar-refractivity contribution is 5.87. The third kappa shape index (κ3) is 3.66. The Balaban J connectivity index is 2.46. The van der Waals surface area contributed by atoms with Crippen LogP contribution in [0.2, 0.25) is 0 Å². The molecule has 5 heteroatoms. The number of methoxy groups -OCH3 is 1. The zero-order valence-electron chi connectivity index (χ0n) is 9.64. The number of hydrogen-bond donors (Lipinski definition) is 0. The van der Waals surface area contributed by atoms with E-state index in [0.717, 1.165) is 0 Å². The lowest BCUT2D eigenvalue weighted by molar-refractivity contribution is -0.148. The molecule has 1 fully saturated rings. The van der Waals surface area contributed by atoms with E-state index in [-0.39, 0.29) is 24.4 Å². The quantitative estimate of drug-likeness (QED) is 0.516. The fraction of sp³-hybridized carbons (Fsp3) is 0.636. The molecule has 0 aromatic heterocycles. The van der Waals surface area contributed by atoms with Gasteiger partial charge in [0.25, 0.3) is 0 Å². The molecule has 0 spiro atoms. The summed E-state index contributed by atoms with van der Waals surface area (Å²) < 4.78 is 9.95. The van der Waals surface area contributed by atoms with Gasteiger partial charge in [0.1, 0.15) is 0 Å². The molecule has 1 saturated heterocycles. The van der Waals surface area contributed by atoms with Crippen molar-refractivity contribution in [1.82, 2.24) is 4.90 Å². The summed E-state index contributed by atoms with van der Waals surface area (Å²) in [7, 11) is 1.34. The summed E-state index contributed by atoms with van der Waals surface area (Å²) >= 11 is 0. The van der Waals surface area contributed by atoms with Gasteiger partial charge in [-0.1, -0.05) is 6.08 Å². The lowest BCUT2D eigenvalue weighted by atomic mass is 10.2. The molecule has 1 aliphatic heterocycles. The summed E-state index contributed by atoms with van der Waals surface area (Å²) in [6.45, 7) is 3.27. The summed E-state index contributed by atoms with van der Waals surface area (Å²) in [5.74, 6) is -0.356. The molecule has 0 aromatic carbocycles. The monoisotopic (exact) mass is 227 g/mol. The topological polar surface area (TPSA) is 55.8 Å². The predicted octanol–water partition coefficient (Wildman–Crippen LogP) is 0.353. The highest BCUT2D eigenvalue weighted by atomic mass is 16.5. The normalized spacial score (nSPS) is 21.1. The van der Waals surface area contributed by atoms with Gasteiger partial charge in [0.15, 0.2) is 0 Å². The zero-order valence-corrected chi connectivity index (χ0v) is 9.64. The molecule has 0 saturated carbocycles. The number of amides is 1. The number of allylic oxidation sites excluding steroid dienone is 1. The van der Waals surface area contributed by atoms with Crippen LogP contribution in [0.25, 0.3) is 0 Å². The Bertz CT molecular complexity index is 288. The van der Waals surface area contributed by atoms with Crippen molar-refractivity contribution in [3.05, 3.63) is 12.2 Å². The third-order valence-electron chi connectivity index (χ3n) is 2.38. The molecule has 0 radical (unpaired) electrons. The van der Waals surface area contributed by atoms with Crippen LogP contribution in [0.5, 0.6) is 0 Å². The largest absolute Gasteiger partial charge is 0.469 e. The molecule has 1 rings (SSSR count). The van der Waals surface area contributed by atoms with E-state index in [1.807, 2.05) is 0 Å². The molecule has 1 unspecified atom stereocenters. The fourth-order valence-electron chi connectivity index (χ4n) is 1.56. The summed E-state index contributed by atoms with van der Waals surface area (Å²) in [6.07, 6.45) is 3.15. The molecular formula is C11H17NO4. The van der Waals surface area contributed by atoms with Crippen molar-refractivity contribution in [2.45, 2.75) is 19.4 Å². The van der Waals surface area contributed by atoms with Crippen molar-refractivity contribution in [3.8, 4) is 0 Å². The maximum atomic E-state index is 11.6. The van der Waals surface area contributed by atoms with Gasteiger partial charge < -0.3 is 14.4 Å². The maximum Gasteiger partial charge on any atom is 0.308 e. The first-order valence-corrected chi connectivity index (χ1v) is 5.27. The van der Waals surface area contributed by atoms with Crippen LogP contribution in [0.1, 0.15) is 13.3 Å². The summed E-state index contributed by atoms with van der Waals surface area (Å²) in [6, 6.07) is 0. The Morgan fingerprint density at radius 3 is 2.94 bits per heavy atom. The molecule has 1 heterocycles. The number of hydrogen-bond acceptors (Lipinski definition) is 4. The first-order valence-electron chi connectivity index (χ1n) is 5.27. The van der Waals surface area contributed by atoms with Crippen LogP contribution in [0.15, 0.2) is 12.2 Å². The van der Waals surface area contributed by atoms with E-state index in [2.05, 4.69) is 4.74 Å². The number of rotatable bonds is 3. The van der Waals surface area contributed by atoms with E-state index in [9.17, 15) is 9.59 Å². The Morgan fingerprint density at radius 1 is 1.56 bits per heavy atom. The molecule has 0 N–H and O–H groups in total. The summed E-state index contributed by atoms with van der Waals surface area (Å²) in [5.41, 5.74) is 0. The number of nitrogens with zero attached hydrogens (tertiary/aromatic N) is 1. The van der Waals surface area contributed by atoms with E-state index >= 15 is 0 Å². The molecule has 0 aromatic rings. The van der Waals surface area contributed by atoms with Crippen molar-refractivity contribution < 1.29 is 19.1 Å². The SMILES string of the molecule is C/C=C/C(=O)N1CCOC(CC(=O)OC)C1. The molecular weight excluding hydrogens is 210 g/mol. The van der Waals surface area contributed by atoms with E-state index in [0.29, 0.717) is 19.7 Å². The number of morpholine rings is 1. The zero-order chi connectivity index (χ0) is 12.0. The minimum Gasteiger partial charge on any atom is -0.469 e. The smallest absolute Gasteiger partial charge is 0.308 e. The summed E-state index contributed by atoms with van der Waals surface area (Å²) in [5, 5.41) is 0. The second-order valence-corrected chi connectivity index (χ2v) is 3.56. The third-order valence-corrected chi connectivity index (χ3v) is 2.38. The van der Waals surface area contributed by atoms with Crippen molar-refractivity contribution in [1.29, 1.82) is 0 Å². The van der Waals surface area contributed by atoms with Crippen molar-refractivity contribution >= 4 is 11.9 Å². The maximum absolute atomic E-state index is 11.6. The van der Waals surface area contributed by atoms with E-state index in [1.165, 1.54) is 13.2 Å². The first kappa shape index (κ1) is 12.7. The Morgan fingerprint density at radius 2 is 2.31 bits per heavy atom. The fourth-order valence-corrected chi connectivity index (χ4v) is 1.56. The van der Waals surface area contributed by atoms with Gasteiger partial charge in [-0.2, -0.15) is 0 Å². The molecule has 16 heavy (non-hydrogen) atoms. The molecule has 1 atom stereocenters. The minimum absolute atomic E-state index is 0.0411. The highest BCUT2D eigenvalue weighted by Crippen LogP contribution is 2.09. The second-order valence-electron chi connectivity index (χ2n) is 3.56. The Hall–Kier alpha value is -1.36. The number of ether oxygens (including phenoxy) is 2. The van der Waals surface area contributed by atoms with Crippen LogP contribution < -0.4 is 0 Å². The summed E-state index contributed by atoms with van der Waals surface area (Å²) in [4.78, 5) is 24.3. The molecule has 0 bridgehead atoms. The van der Waals surface area contributed by atoms with Gasteiger partial charge in [0.2, 0.25) is 5.91 Å². The van der Waals surface area contributed by atoms with E-state index in [1.54, 1.807) is 17.9 Å². The highest BCUT2D eigenvalue weighted by Gasteiger charge is 2.25. The number of carbonyl (C=O) groups excluding carboxylic acids is 2. The second kappa shape index (κ2) is 6.27. The van der Waals surface area contributed by atoms with Gasteiger partial charge in [-0.15, -0.1) is 0 Å². The van der Waals surface area contributed by atoms with Crippen LogP contribution in [-0.2, 0) is 19.1 Å². The standard InChI is InChI=1S/C11H17NO4/c1-3-4-10(13)12-5-6-16-9(8-12)7-11(14)15-2/h3-4,9H,5-8H2,1-2H3/b4-3+. The van der Waals surface area contributed by atoms with Crippen LogP contribution in [-0.4, -0.2) is 49.7 Å². The number of esters is 1. The first-order chi connectivity index (χ1) is 7.67. The lowest BCUT2D eigenvalue weighted by Gasteiger charge is -2.31. The molecule has 0 aliphatic carbocycles. The van der Waals surface area contributed by atoms with Crippen molar-refractivity contribution in [2.75, 3.05) is 26.8 Å². The lowest BCUT2D eigenvalue weighted by Crippen LogP contribution is -2.45. The van der Waals surface area contributed by atoms with E-state index in [4.69, 9.17) is 4.74 Å². The van der Waals surface area contributed by atoms with Gasteiger partial charge in [0.05, 0.1) is 26.2 Å². The minimum atomic E-state index is -0.315. The molecule has 90 valence electrons. The number of carbonyl (C=O) groups is 2. The van der Waals surface area contributed by atoms with Crippen LogP contribution in [0.3, 0.4) is 0 Å². The molecule has 1 amide bonds. The average Bonchev–Trinajstić information content (AvgIpc) is 2.29. The van der Waals surface area contributed by atoms with Gasteiger partial charge in [-0.05, 0) is 13.0 Å². The van der Waals surface area contributed by atoms with Crippen molar-refractivity contribution in [3.63, 3.8) is 0 Å². The molecule has 5 nitrogen and oxygen atoms in total. The Kier molecular flexibility index (Phi) is 4.98. The van der Waals surface area contributed by atoms with Crippen LogP contribution in [0.4, 0.5) is 0 Å². The van der Waals surface area contributed by atoms with Crippen LogP contribution >= 0.6 is 0 Å². The van der Waals surface area contributed by atoms with Gasteiger partial charge in [-0.25, -0.2) is 0 Å². The van der Waals surface area contributed by atoms with Gasteiger partial charge in [-0.3, -0.25) is 9.59 Å². The van der Waals surface area contributed by atoms with E-state index < -0.39 is 0 Å². The van der Waals surface area contributed by atoms with Crippen molar-refractivity contribution in [2.24, 2.45) is 0 Å². The van der Waals surface area contributed by atoms with Gasteiger partial charge in [0, 0.05) is 13.1 Å². The van der Waals surface area contributed by atoms with Gasteiger partial charge >= 0.3 is 5.97 Å². The Labute approximate surface area is 95.0 Å². The average molecular weight is 227 g/mol.